The van der Waals surface area contributed by atoms with E-state index in [0.717, 1.165) is 0 Å². The first-order chi connectivity index (χ1) is 6.40. The molecule has 0 aromatic heterocycles. The van der Waals surface area contributed by atoms with Crippen molar-refractivity contribution in [3.05, 3.63) is 0 Å². The zero-order chi connectivity index (χ0) is 11.3. The monoisotopic (exact) mass is 203 g/mol. The lowest BCUT2D eigenvalue weighted by Gasteiger charge is -2.24. The van der Waals surface area contributed by atoms with Crippen molar-refractivity contribution in [2.45, 2.75) is 26.3 Å². The molecule has 2 N–H and O–H groups in total. The van der Waals surface area contributed by atoms with E-state index in [-0.39, 0.29) is 6.54 Å². The van der Waals surface area contributed by atoms with Gasteiger partial charge in [0, 0.05) is 6.54 Å². The molecule has 0 aliphatic heterocycles. The number of hydrogen-bond acceptors (Lipinski definition) is 3. The van der Waals surface area contributed by atoms with Crippen molar-refractivity contribution in [3.63, 3.8) is 0 Å². The van der Waals surface area contributed by atoms with E-state index in [1.54, 1.807) is 25.8 Å². The highest BCUT2D eigenvalue weighted by molar-refractivity contribution is 5.73. The maximum atomic E-state index is 10.7. The van der Waals surface area contributed by atoms with Crippen LogP contribution in [-0.4, -0.2) is 46.7 Å². The minimum absolute atomic E-state index is 0.250. The Kier molecular flexibility index (Phi) is 5.15. The molecule has 0 saturated carbocycles. The molecule has 5 nitrogen and oxygen atoms in total. The fourth-order valence-corrected chi connectivity index (χ4v) is 1.31. The Morgan fingerprint density at radius 2 is 1.79 bits per heavy atom. The molecule has 82 valence electrons. The molecule has 0 amide bonds. The van der Waals surface area contributed by atoms with Crippen LogP contribution in [0.15, 0.2) is 0 Å². The summed E-state index contributed by atoms with van der Waals surface area (Å²) in [5.41, 5.74) is 0. The number of carboxylic acids is 2. The summed E-state index contributed by atoms with van der Waals surface area (Å²) in [4.78, 5) is 22.8. The normalized spacial score (nSPS) is 15.1. The molecule has 2 atom stereocenters. The van der Waals surface area contributed by atoms with E-state index in [2.05, 4.69) is 0 Å². The number of rotatable bonds is 6. The third-order valence-corrected chi connectivity index (χ3v) is 2.19. The number of carbonyl (C=O) groups is 2. The maximum absolute atomic E-state index is 10.7. The first-order valence-electron chi connectivity index (χ1n) is 4.56. The zero-order valence-corrected chi connectivity index (χ0v) is 8.73. The molecule has 0 spiro atoms. The number of aliphatic carboxylic acids is 2. The quantitative estimate of drug-likeness (QED) is 0.657. The highest BCUT2D eigenvalue weighted by atomic mass is 16.4. The Balaban J connectivity index is 4.23. The van der Waals surface area contributed by atoms with Crippen LogP contribution in [-0.2, 0) is 9.59 Å². The molecule has 0 radical (unpaired) electrons. The Labute approximate surface area is 83.3 Å². The maximum Gasteiger partial charge on any atom is 0.320 e. The predicted molar refractivity (Wildman–Crippen MR) is 51.1 cm³/mol. The fraction of sp³-hybridized carbons (Fsp3) is 0.778. The predicted octanol–water partition coefficient (Wildman–Crippen LogP) is 0.502. The summed E-state index contributed by atoms with van der Waals surface area (Å²) in [5, 5.41) is 17.5. The molecule has 0 bridgehead atoms. The van der Waals surface area contributed by atoms with Gasteiger partial charge in [-0.1, -0.05) is 13.8 Å². The summed E-state index contributed by atoms with van der Waals surface area (Å²) < 4.78 is 0. The van der Waals surface area contributed by atoms with Crippen molar-refractivity contribution < 1.29 is 19.8 Å². The van der Waals surface area contributed by atoms with Gasteiger partial charge in [0.1, 0.15) is 6.04 Å². The highest BCUT2D eigenvalue weighted by Crippen LogP contribution is 2.06. The first kappa shape index (κ1) is 12.9. The summed E-state index contributed by atoms with van der Waals surface area (Å²) in [5.74, 6) is -2.36. The summed E-state index contributed by atoms with van der Waals surface area (Å²) in [6, 6.07) is -0.600. The molecule has 0 saturated heterocycles. The third kappa shape index (κ3) is 3.74. The Morgan fingerprint density at radius 1 is 1.29 bits per heavy atom. The average molecular weight is 203 g/mol. The van der Waals surface area contributed by atoms with Crippen LogP contribution >= 0.6 is 0 Å². The SMILES string of the molecule is CCC(C(=O)O)N(C)CC(C)C(=O)O. The molecular weight excluding hydrogens is 186 g/mol. The van der Waals surface area contributed by atoms with Crippen LogP contribution in [0.1, 0.15) is 20.3 Å². The zero-order valence-electron chi connectivity index (χ0n) is 8.73. The fourth-order valence-electron chi connectivity index (χ4n) is 1.31. The van der Waals surface area contributed by atoms with Gasteiger partial charge >= 0.3 is 11.9 Å². The second-order valence-electron chi connectivity index (χ2n) is 3.44. The molecule has 0 heterocycles. The van der Waals surface area contributed by atoms with Gasteiger partial charge in [-0.15, -0.1) is 0 Å². The lowest BCUT2D eigenvalue weighted by molar-refractivity contribution is -0.146. The van der Waals surface area contributed by atoms with Gasteiger partial charge in [-0.2, -0.15) is 0 Å². The summed E-state index contributed by atoms with van der Waals surface area (Å²) in [6.45, 7) is 3.58. The first-order valence-corrected chi connectivity index (χ1v) is 4.56. The minimum atomic E-state index is -0.910. The molecule has 0 aliphatic rings. The van der Waals surface area contributed by atoms with Gasteiger partial charge in [-0.05, 0) is 13.5 Å². The van der Waals surface area contributed by atoms with E-state index in [4.69, 9.17) is 10.2 Å². The molecule has 0 fully saturated rings. The van der Waals surface area contributed by atoms with Gasteiger partial charge < -0.3 is 10.2 Å². The average Bonchev–Trinajstić information content (AvgIpc) is 2.04. The van der Waals surface area contributed by atoms with E-state index in [0.29, 0.717) is 6.42 Å². The van der Waals surface area contributed by atoms with Gasteiger partial charge in [-0.25, -0.2) is 0 Å². The topological polar surface area (TPSA) is 77.8 Å². The molecule has 14 heavy (non-hydrogen) atoms. The van der Waals surface area contributed by atoms with Crippen molar-refractivity contribution in [2.24, 2.45) is 5.92 Å². The van der Waals surface area contributed by atoms with Crippen LogP contribution in [0.2, 0.25) is 0 Å². The molecule has 0 rings (SSSR count). The molecule has 0 aromatic rings. The molecule has 0 aromatic carbocycles. The smallest absolute Gasteiger partial charge is 0.320 e. The standard InChI is InChI=1S/C9H17NO4/c1-4-7(9(13)14)10(3)5-6(2)8(11)12/h6-7H,4-5H2,1-3H3,(H,11,12)(H,13,14). The highest BCUT2D eigenvalue weighted by Gasteiger charge is 2.23. The van der Waals surface area contributed by atoms with Crippen LogP contribution in [0.4, 0.5) is 0 Å². The Morgan fingerprint density at radius 3 is 2.07 bits per heavy atom. The van der Waals surface area contributed by atoms with Crippen molar-refractivity contribution in [1.82, 2.24) is 4.90 Å². The number of carboxylic acid groups (broad SMARTS) is 2. The Bertz CT molecular complexity index is 217. The third-order valence-electron chi connectivity index (χ3n) is 2.19. The van der Waals surface area contributed by atoms with E-state index in [1.807, 2.05) is 0 Å². The lowest BCUT2D eigenvalue weighted by Crippen LogP contribution is -2.41. The van der Waals surface area contributed by atoms with Crippen LogP contribution < -0.4 is 0 Å². The lowest BCUT2D eigenvalue weighted by atomic mass is 10.1. The summed E-state index contributed by atoms with van der Waals surface area (Å²) in [6.07, 6.45) is 0.470. The second-order valence-corrected chi connectivity index (χ2v) is 3.44. The van der Waals surface area contributed by atoms with Gasteiger partial charge in [0.2, 0.25) is 0 Å². The van der Waals surface area contributed by atoms with E-state index < -0.39 is 23.9 Å². The number of hydrogen-bond donors (Lipinski definition) is 2. The van der Waals surface area contributed by atoms with Crippen LogP contribution in [0.5, 0.6) is 0 Å². The van der Waals surface area contributed by atoms with Gasteiger partial charge in [0.15, 0.2) is 0 Å². The van der Waals surface area contributed by atoms with Crippen molar-refractivity contribution in [1.29, 1.82) is 0 Å². The van der Waals surface area contributed by atoms with E-state index in [9.17, 15) is 9.59 Å². The van der Waals surface area contributed by atoms with Crippen molar-refractivity contribution >= 4 is 11.9 Å². The van der Waals surface area contributed by atoms with E-state index >= 15 is 0 Å². The number of nitrogens with zero attached hydrogens (tertiary/aromatic N) is 1. The van der Waals surface area contributed by atoms with Gasteiger partial charge in [-0.3, -0.25) is 14.5 Å². The van der Waals surface area contributed by atoms with E-state index in [1.165, 1.54) is 0 Å². The number of likely N-dealkylation sites (N-methyl/N-ethyl adjacent to an activating group) is 1. The summed E-state index contributed by atoms with van der Waals surface area (Å²) in [7, 11) is 1.63. The van der Waals surface area contributed by atoms with Gasteiger partial charge in [0.25, 0.3) is 0 Å². The van der Waals surface area contributed by atoms with Crippen LogP contribution in [0, 0.1) is 5.92 Å². The van der Waals surface area contributed by atoms with Crippen LogP contribution in [0.25, 0.3) is 0 Å². The van der Waals surface area contributed by atoms with Crippen LogP contribution in [0.3, 0.4) is 0 Å². The molecular formula is C9H17NO4. The second kappa shape index (κ2) is 5.59. The summed E-state index contributed by atoms with van der Waals surface area (Å²) >= 11 is 0. The minimum Gasteiger partial charge on any atom is -0.481 e. The molecule has 5 heteroatoms. The van der Waals surface area contributed by atoms with Crippen molar-refractivity contribution in [2.75, 3.05) is 13.6 Å². The molecule has 0 aliphatic carbocycles. The van der Waals surface area contributed by atoms with Gasteiger partial charge in [0.05, 0.1) is 5.92 Å². The molecule has 2 unspecified atom stereocenters. The largest absolute Gasteiger partial charge is 0.481 e. The Hall–Kier alpha value is -1.10. The van der Waals surface area contributed by atoms with Crippen molar-refractivity contribution in [3.8, 4) is 0 Å².